The van der Waals surface area contributed by atoms with Gasteiger partial charge in [-0.15, -0.1) is 0 Å². The highest BCUT2D eigenvalue weighted by Crippen LogP contribution is 2.35. The zero-order valence-electron chi connectivity index (χ0n) is 20.1. The number of carboxylic acids is 1. The molecule has 36 heavy (non-hydrogen) atoms. The average Bonchev–Trinajstić information content (AvgIpc) is 3.23. The zero-order chi connectivity index (χ0) is 26.5. The van der Waals surface area contributed by atoms with E-state index in [-0.39, 0.29) is 24.0 Å². The minimum atomic E-state index is -0.821. The van der Waals surface area contributed by atoms with Crippen molar-refractivity contribution in [3.8, 4) is 0 Å². The van der Waals surface area contributed by atoms with E-state index in [9.17, 15) is 14.4 Å². The van der Waals surface area contributed by atoms with Crippen LogP contribution in [0.2, 0.25) is 0 Å². The van der Waals surface area contributed by atoms with E-state index in [4.69, 9.17) is 27.0 Å². The summed E-state index contributed by atoms with van der Waals surface area (Å²) in [7, 11) is 1.53. The van der Waals surface area contributed by atoms with E-state index in [1.807, 2.05) is 36.4 Å². The van der Waals surface area contributed by atoms with Crippen LogP contribution in [0.5, 0.6) is 0 Å². The summed E-state index contributed by atoms with van der Waals surface area (Å²) < 4.78 is 5.18. The molecule has 1 heterocycles. The van der Waals surface area contributed by atoms with Crippen LogP contribution in [0.25, 0.3) is 0 Å². The lowest BCUT2D eigenvalue weighted by molar-refractivity contribution is -0.137. The largest absolute Gasteiger partial charge is 0.481 e. The van der Waals surface area contributed by atoms with Crippen molar-refractivity contribution in [3.63, 3.8) is 0 Å². The number of para-hydroxylation sites is 1. The van der Waals surface area contributed by atoms with Crippen LogP contribution in [0.4, 0.5) is 11.4 Å². The summed E-state index contributed by atoms with van der Waals surface area (Å²) in [5.74, 6) is -1.36. The molecule has 0 bridgehead atoms. The third-order valence-electron chi connectivity index (χ3n) is 5.17. The van der Waals surface area contributed by atoms with Crippen molar-refractivity contribution in [2.24, 2.45) is 27.2 Å². The molecule has 11 heteroatoms. The average molecular weight is 497 g/mol. The number of primary amides is 1. The molecule has 1 unspecified atom stereocenters. The van der Waals surface area contributed by atoms with Crippen molar-refractivity contribution in [1.29, 1.82) is 0 Å². The smallest absolute Gasteiger partial charge is 0.303 e. The number of amides is 2. The first-order valence-electron chi connectivity index (χ1n) is 11.4. The quantitative estimate of drug-likeness (QED) is 0.178. The number of nitrogens with two attached hydrogens (primary N) is 3. The predicted molar refractivity (Wildman–Crippen MR) is 138 cm³/mol. The van der Waals surface area contributed by atoms with Gasteiger partial charge in [0.2, 0.25) is 5.91 Å². The number of guanidine groups is 1. The summed E-state index contributed by atoms with van der Waals surface area (Å²) in [6.07, 6.45) is 2.03. The number of unbranched alkanes of at least 4 members (excludes halogenated alkanes) is 1. The van der Waals surface area contributed by atoms with Crippen molar-refractivity contribution < 1.29 is 24.2 Å². The van der Waals surface area contributed by atoms with Crippen molar-refractivity contribution in [3.05, 3.63) is 59.7 Å². The molecule has 1 aliphatic rings. The molecule has 11 nitrogen and oxygen atoms in total. The van der Waals surface area contributed by atoms with Crippen LogP contribution in [0.1, 0.15) is 42.9 Å². The van der Waals surface area contributed by atoms with Gasteiger partial charge in [0.05, 0.1) is 5.69 Å². The summed E-state index contributed by atoms with van der Waals surface area (Å²) in [6, 6.07) is 14.6. The number of hydrogen-bond acceptors (Lipinski definition) is 6. The number of rotatable bonds is 11. The highest BCUT2D eigenvalue weighted by Gasteiger charge is 2.30. The van der Waals surface area contributed by atoms with E-state index < -0.39 is 18.0 Å². The third-order valence-corrected chi connectivity index (χ3v) is 5.17. The van der Waals surface area contributed by atoms with Gasteiger partial charge in [-0.25, -0.2) is 4.99 Å². The summed E-state index contributed by atoms with van der Waals surface area (Å²) in [5, 5.41) is 11.4. The first-order chi connectivity index (χ1) is 17.2. The molecular weight excluding hydrogens is 464 g/mol. The maximum atomic E-state index is 11.7. The second kappa shape index (κ2) is 14.2. The van der Waals surface area contributed by atoms with E-state index in [1.165, 1.54) is 7.11 Å². The Bertz CT molecular complexity index is 1110. The molecule has 8 N–H and O–H groups in total. The number of aliphatic carboxylic acids is 1. The molecular formula is C25H32N6O5. The van der Waals surface area contributed by atoms with E-state index >= 15 is 0 Å². The van der Waals surface area contributed by atoms with Crippen LogP contribution in [0.15, 0.2) is 58.5 Å². The monoisotopic (exact) mass is 496 g/mol. The van der Waals surface area contributed by atoms with E-state index in [2.05, 4.69) is 15.3 Å². The number of anilines is 1. The molecule has 0 radical (unpaired) electrons. The van der Waals surface area contributed by atoms with Gasteiger partial charge in [0.25, 0.3) is 5.91 Å². The standard InChI is InChI=1S/C15H22N4O3.C10H10N2O2/c16-15(17)18-10-2-1-3-13(20)19-12-7-4-11(5-8-12)6-9-14(21)22;1-14-9-6-4-2-3-5-7(6)12-8(9)10(11)13/h4-5,7-8H,1-3,6,9-10H2,(H,19,20)(H,21,22)(H4,16,17,18);2-5,9H,1H3,(H2,11,13). The van der Waals surface area contributed by atoms with Crippen LogP contribution in [0, 0.1) is 0 Å². The van der Waals surface area contributed by atoms with Gasteiger partial charge in [0.15, 0.2) is 5.96 Å². The lowest BCUT2D eigenvalue weighted by Gasteiger charge is -2.09. The minimum Gasteiger partial charge on any atom is -0.481 e. The second-order valence-corrected chi connectivity index (χ2v) is 7.94. The number of carbonyl (C=O) groups excluding carboxylic acids is 2. The van der Waals surface area contributed by atoms with Crippen LogP contribution in [0.3, 0.4) is 0 Å². The van der Waals surface area contributed by atoms with Crippen molar-refractivity contribution in [2.75, 3.05) is 19.0 Å². The SMILES string of the molecule is COC1C(C(N)=O)=Nc2ccccc21.NC(N)=NCCCCC(=O)Nc1ccc(CCC(=O)O)cc1. The van der Waals surface area contributed by atoms with Crippen molar-refractivity contribution >= 4 is 40.8 Å². The summed E-state index contributed by atoms with van der Waals surface area (Å²) >= 11 is 0. The van der Waals surface area contributed by atoms with Gasteiger partial charge < -0.3 is 32.4 Å². The first kappa shape index (κ1) is 28.0. The summed E-state index contributed by atoms with van der Waals surface area (Å²) in [5.41, 5.74) is 19.2. The number of fused-ring (bicyclic) bond motifs is 1. The Morgan fingerprint density at radius 2 is 1.72 bits per heavy atom. The third kappa shape index (κ3) is 9.18. The number of carbonyl (C=O) groups is 3. The second-order valence-electron chi connectivity index (χ2n) is 7.94. The van der Waals surface area contributed by atoms with E-state index in [0.717, 1.165) is 23.2 Å². The number of nitrogens with one attached hydrogen (secondary N) is 1. The maximum Gasteiger partial charge on any atom is 0.303 e. The van der Waals surface area contributed by atoms with Gasteiger partial charge in [0.1, 0.15) is 11.8 Å². The molecule has 0 aliphatic carbocycles. The fourth-order valence-corrected chi connectivity index (χ4v) is 3.40. The molecule has 1 atom stereocenters. The molecule has 3 rings (SSSR count). The Balaban J connectivity index is 0.000000278. The van der Waals surface area contributed by atoms with Crippen LogP contribution >= 0.6 is 0 Å². The fraction of sp³-hybridized carbons (Fsp3) is 0.320. The van der Waals surface area contributed by atoms with Gasteiger partial charge in [-0.05, 0) is 43.0 Å². The number of benzene rings is 2. The molecule has 192 valence electrons. The lowest BCUT2D eigenvalue weighted by Crippen LogP contribution is -2.27. The van der Waals surface area contributed by atoms with Gasteiger partial charge in [0, 0.05) is 37.7 Å². The Labute approximate surface area is 209 Å². The number of ether oxygens (including phenoxy) is 1. The number of nitrogens with zero attached hydrogens (tertiary/aromatic N) is 2. The number of aryl methyl sites for hydroxylation is 1. The molecule has 2 aromatic carbocycles. The fourth-order valence-electron chi connectivity index (χ4n) is 3.40. The Kier molecular flexibility index (Phi) is 11.1. The number of methoxy groups -OCH3 is 1. The van der Waals surface area contributed by atoms with Crippen LogP contribution in [-0.2, 0) is 25.5 Å². The number of hydrogen-bond donors (Lipinski definition) is 5. The highest BCUT2D eigenvalue weighted by atomic mass is 16.5. The van der Waals surface area contributed by atoms with Gasteiger partial charge in [-0.2, -0.15) is 0 Å². The Morgan fingerprint density at radius 1 is 1.03 bits per heavy atom. The van der Waals surface area contributed by atoms with E-state index in [0.29, 0.717) is 31.5 Å². The molecule has 0 saturated carbocycles. The predicted octanol–water partition coefficient (Wildman–Crippen LogP) is 2.03. The molecule has 1 aliphatic heterocycles. The topological polar surface area (TPSA) is 195 Å². The molecule has 0 saturated heterocycles. The van der Waals surface area contributed by atoms with Crippen molar-refractivity contribution in [2.45, 2.75) is 38.2 Å². The maximum absolute atomic E-state index is 11.7. The molecule has 2 aromatic rings. The lowest BCUT2D eigenvalue weighted by atomic mass is 10.1. The number of aliphatic imine (C=N–C) groups is 2. The molecule has 0 fully saturated rings. The molecule has 2 amide bonds. The van der Waals surface area contributed by atoms with Crippen LogP contribution < -0.4 is 22.5 Å². The van der Waals surface area contributed by atoms with E-state index in [1.54, 1.807) is 12.1 Å². The Morgan fingerprint density at radius 3 is 2.33 bits per heavy atom. The minimum absolute atomic E-state index is 0.0624. The summed E-state index contributed by atoms with van der Waals surface area (Å²) in [4.78, 5) is 41.2. The summed E-state index contributed by atoms with van der Waals surface area (Å²) in [6.45, 7) is 0.522. The van der Waals surface area contributed by atoms with Gasteiger partial charge in [-0.3, -0.25) is 19.4 Å². The van der Waals surface area contributed by atoms with Gasteiger partial charge >= 0.3 is 5.97 Å². The number of carboxylic acid groups (broad SMARTS) is 1. The highest BCUT2D eigenvalue weighted by molar-refractivity contribution is 6.41. The molecule has 0 aromatic heterocycles. The molecule has 0 spiro atoms. The van der Waals surface area contributed by atoms with Crippen LogP contribution in [-0.4, -0.2) is 48.2 Å². The first-order valence-corrected chi connectivity index (χ1v) is 11.4. The van der Waals surface area contributed by atoms with Crippen molar-refractivity contribution in [1.82, 2.24) is 0 Å². The Hall–Kier alpha value is -4.25. The zero-order valence-corrected chi connectivity index (χ0v) is 20.1. The van der Waals surface area contributed by atoms with Gasteiger partial charge in [-0.1, -0.05) is 30.3 Å². The normalized spacial score (nSPS) is 13.5.